The lowest BCUT2D eigenvalue weighted by Crippen LogP contribution is -2.50. The lowest BCUT2D eigenvalue weighted by Gasteiger charge is -2.58. The molecule has 0 spiro atoms. The number of fused-ring (bicyclic) bond motifs is 6. The first kappa shape index (κ1) is 39.9. The van der Waals surface area contributed by atoms with E-state index in [9.17, 15) is 19.5 Å². The highest BCUT2D eigenvalue weighted by molar-refractivity contribution is 8.00. The number of amides is 4. The summed E-state index contributed by atoms with van der Waals surface area (Å²) in [5, 5.41) is 23.0. The topological polar surface area (TPSA) is 129 Å². The maximum absolute atomic E-state index is 13.0. The number of hydrogen-bond acceptors (Lipinski definition) is 6. The van der Waals surface area contributed by atoms with E-state index in [1.165, 1.54) is 32.1 Å². The van der Waals surface area contributed by atoms with Crippen molar-refractivity contribution < 1.29 is 24.2 Å². The highest BCUT2D eigenvalue weighted by Crippen LogP contribution is 2.67. The van der Waals surface area contributed by atoms with E-state index in [0.717, 1.165) is 68.5 Å². The van der Waals surface area contributed by atoms with E-state index in [0.29, 0.717) is 54.9 Å². The van der Waals surface area contributed by atoms with Crippen LogP contribution in [0.25, 0.3) is 0 Å². The Morgan fingerprint density at radius 3 is 2.67 bits per heavy atom. The van der Waals surface area contributed by atoms with E-state index in [-0.39, 0.29) is 47.5 Å². The average molecular weight is 743 g/mol. The molecule has 0 aromatic rings. The zero-order chi connectivity index (χ0) is 37.3. The molecule has 5 N–H and O–H groups in total. The van der Waals surface area contributed by atoms with Crippen LogP contribution < -0.4 is 21.3 Å². The van der Waals surface area contributed by atoms with E-state index in [1.807, 2.05) is 18.7 Å². The van der Waals surface area contributed by atoms with Crippen molar-refractivity contribution in [3.8, 4) is 0 Å². The SMILES string of the molecule is CC(COC(C)(C)CCNC(=O)CCC(C)C1CC[C@H]2C3CC=C4C[C@@H](O)CC[C@]4(C)[C@H]3CC[C@]12C)NC(=O)CCCC[C@@H]1SC[C@@H]2NC(=O)N[C@@H]21. The largest absolute Gasteiger partial charge is 0.393 e. The number of rotatable bonds is 16. The number of carbonyl (C=O) groups is 3. The molecular weight excluding hydrogens is 673 g/mol. The number of thioether (sulfide) groups is 1. The third kappa shape index (κ3) is 8.85. The average Bonchev–Trinajstić information content (AvgIpc) is 3.76. The highest BCUT2D eigenvalue weighted by atomic mass is 32.2. The lowest BCUT2D eigenvalue weighted by atomic mass is 9.47. The van der Waals surface area contributed by atoms with Gasteiger partial charge in [-0.25, -0.2) is 4.79 Å². The maximum Gasteiger partial charge on any atom is 0.315 e. The molecule has 3 saturated carbocycles. The predicted molar refractivity (Wildman–Crippen MR) is 209 cm³/mol. The van der Waals surface area contributed by atoms with Gasteiger partial charge in [0.25, 0.3) is 0 Å². The zero-order valence-corrected chi connectivity index (χ0v) is 33.9. The Labute approximate surface area is 318 Å². The molecule has 6 rings (SSSR count). The van der Waals surface area contributed by atoms with Crippen LogP contribution in [-0.2, 0) is 14.3 Å². The molecule has 52 heavy (non-hydrogen) atoms. The minimum Gasteiger partial charge on any atom is -0.393 e. The Morgan fingerprint density at radius 2 is 1.87 bits per heavy atom. The summed E-state index contributed by atoms with van der Waals surface area (Å²) in [5.41, 5.74) is 1.80. The second-order valence-electron chi connectivity index (χ2n) is 18.9. The molecule has 0 radical (unpaired) electrons. The normalized spacial score (nSPS) is 37.8. The summed E-state index contributed by atoms with van der Waals surface area (Å²) in [6.45, 7) is 14.6. The molecule has 294 valence electrons. The molecule has 2 saturated heterocycles. The number of unbranched alkanes of at least 4 members (excludes halogenated alkanes) is 1. The first-order chi connectivity index (χ1) is 24.7. The Morgan fingerprint density at radius 1 is 1.06 bits per heavy atom. The van der Waals surface area contributed by atoms with Gasteiger partial charge in [-0.3, -0.25) is 9.59 Å². The van der Waals surface area contributed by atoms with Crippen LogP contribution >= 0.6 is 11.8 Å². The minimum absolute atomic E-state index is 0.0537. The number of ether oxygens (including phenoxy) is 1. The molecule has 6 aliphatic rings. The molecule has 0 aromatic carbocycles. The maximum atomic E-state index is 13.0. The number of allylic oxidation sites excluding steroid dienone is 1. The van der Waals surface area contributed by atoms with E-state index in [4.69, 9.17) is 4.74 Å². The fraction of sp³-hybridized carbons (Fsp3) is 0.881. The van der Waals surface area contributed by atoms with Gasteiger partial charge in [-0.2, -0.15) is 11.8 Å². The van der Waals surface area contributed by atoms with Crippen molar-refractivity contribution in [3.63, 3.8) is 0 Å². The fourth-order valence-corrected chi connectivity index (χ4v) is 13.4. The molecule has 4 aliphatic carbocycles. The lowest BCUT2D eigenvalue weighted by molar-refractivity contribution is -0.124. The summed E-state index contributed by atoms with van der Waals surface area (Å²) in [6, 6.07) is 0.320. The number of aliphatic hydroxyl groups excluding tert-OH is 1. The standard InChI is InChI=1S/C42H70N4O5S/c1-26(31-14-15-32-30-13-12-28-23-29(47)17-19-41(28,5)33(30)18-20-42(31,32)6)11-16-36(48)43-22-21-40(3,4)51-24-27(2)44-37(49)10-8-7-9-35-38-34(25-52-35)45-39(50)46-38/h12,26-27,29-35,38,47H,7-11,13-25H2,1-6H3,(H,43,48)(H,44,49)(H2,45,46,50)/t26?,27?,29-,30?,31?,32-,33-,34-,35-,38-,41-,42+/m0/s1. The van der Waals surface area contributed by atoms with Crippen LogP contribution in [0, 0.1) is 40.4 Å². The third-order valence-electron chi connectivity index (χ3n) is 14.9. The van der Waals surface area contributed by atoms with Crippen LogP contribution in [-0.4, -0.2) is 76.9 Å². The van der Waals surface area contributed by atoms with Crippen LogP contribution in [0.3, 0.4) is 0 Å². The second-order valence-corrected chi connectivity index (χ2v) is 20.2. The zero-order valence-electron chi connectivity index (χ0n) is 33.1. The Hall–Kier alpha value is -1.78. The van der Waals surface area contributed by atoms with Crippen molar-refractivity contribution in [2.24, 2.45) is 40.4 Å². The summed E-state index contributed by atoms with van der Waals surface area (Å²) in [6.07, 6.45) is 17.4. The Bertz CT molecular complexity index is 1320. The molecule has 2 heterocycles. The summed E-state index contributed by atoms with van der Waals surface area (Å²) in [5.74, 6) is 4.70. The molecule has 4 amide bonds. The van der Waals surface area contributed by atoms with E-state index in [1.54, 1.807) is 5.57 Å². The van der Waals surface area contributed by atoms with Gasteiger partial charge in [0, 0.05) is 36.4 Å². The van der Waals surface area contributed by atoms with Gasteiger partial charge in [-0.05, 0) is 138 Å². The summed E-state index contributed by atoms with van der Waals surface area (Å²) in [4.78, 5) is 37.1. The molecule has 9 nitrogen and oxygen atoms in total. The van der Waals surface area contributed by atoms with Crippen molar-refractivity contribution in [2.45, 2.75) is 173 Å². The van der Waals surface area contributed by atoms with Gasteiger partial charge in [0.2, 0.25) is 11.8 Å². The van der Waals surface area contributed by atoms with Crippen LogP contribution in [0.1, 0.15) is 138 Å². The number of carbonyl (C=O) groups excluding carboxylic acids is 3. The van der Waals surface area contributed by atoms with Gasteiger partial charge in [0.15, 0.2) is 0 Å². The second kappa shape index (κ2) is 16.5. The molecule has 10 heteroatoms. The van der Waals surface area contributed by atoms with E-state index >= 15 is 0 Å². The van der Waals surface area contributed by atoms with Crippen molar-refractivity contribution in [2.75, 3.05) is 18.9 Å². The summed E-state index contributed by atoms with van der Waals surface area (Å²) in [7, 11) is 0. The highest BCUT2D eigenvalue weighted by Gasteiger charge is 2.59. The van der Waals surface area contributed by atoms with Crippen molar-refractivity contribution in [3.05, 3.63) is 11.6 Å². The number of urea groups is 1. The van der Waals surface area contributed by atoms with Gasteiger partial charge >= 0.3 is 6.03 Å². The van der Waals surface area contributed by atoms with Crippen LogP contribution in [0.15, 0.2) is 11.6 Å². The van der Waals surface area contributed by atoms with Crippen LogP contribution in [0.5, 0.6) is 0 Å². The first-order valence-electron chi connectivity index (χ1n) is 20.9. The summed E-state index contributed by atoms with van der Waals surface area (Å²) >= 11 is 1.91. The van der Waals surface area contributed by atoms with Crippen LogP contribution in [0.2, 0.25) is 0 Å². The minimum atomic E-state index is -0.406. The van der Waals surface area contributed by atoms with E-state index in [2.05, 4.69) is 62.0 Å². The van der Waals surface area contributed by atoms with Gasteiger partial charge in [0.05, 0.1) is 30.4 Å². The number of aliphatic hydroxyl groups is 1. The molecule has 12 atom stereocenters. The Balaban J connectivity index is 0.842. The molecule has 0 bridgehead atoms. The van der Waals surface area contributed by atoms with Crippen LogP contribution in [0.4, 0.5) is 4.79 Å². The molecular formula is C42H70N4O5S. The third-order valence-corrected chi connectivity index (χ3v) is 16.4. The molecule has 5 fully saturated rings. The molecule has 4 unspecified atom stereocenters. The number of hydrogen-bond donors (Lipinski definition) is 5. The molecule has 2 aliphatic heterocycles. The van der Waals surface area contributed by atoms with E-state index < -0.39 is 5.60 Å². The monoisotopic (exact) mass is 743 g/mol. The quantitative estimate of drug-likeness (QED) is 0.0667. The smallest absolute Gasteiger partial charge is 0.315 e. The predicted octanol–water partition coefficient (Wildman–Crippen LogP) is 6.87. The van der Waals surface area contributed by atoms with Gasteiger partial charge in [0.1, 0.15) is 0 Å². The van der Waals surface area contributed by atoms with Gasteiger partial charge in [-0.1, -0.05) is 38.8 Å². The first-order valence-corrected chi connectivity index (χ1v) is 22.0. The van der Waals surface area contributed by atoms with Crippen molar-refractivity contribution in [1.82, 2.24) is 21.3 Å². The van der Waals surface area contributed by atoms with Gasteiger partial charge in [-0.15, -0.1) is 0 Å². The number of nitrogens with one attached hydrogen (secondary N) is 4. The van der Waals surface area contributed by atoms with Crippen molar-refractivity contribution in [1.29, 1.82) is 0 Å². The Kier molecular flexibility index (Phi) is 12.7. The van der Waals surface area contributed by atoms with Gasteiger partial charge < -0.3 is 31.1 Å². The summed E-state index contributed by atoms with van der Waals surface area (Å²) < 4.78 is 6.20. The fourth-order valence-electron chi connectivity index (χ4n) is 11.9. The van der Waals surface area contributed by atoms with Crippen molar-refractivity contribution >= 4 is 29.6 Å². The molecule has 0 aromatic heterocycles.